The molecule has 0 unspecified atom stereocenters. The van der Waals surface area contributed by atoms with Gasteiger partial charge in [-0.05, 0) is 18.6 Å². The van der Waals surface area contributed by atoms with Gasteiger partial charge in [0.1, 0.15) is 5.75 Å². The Balaban J connectivity index is 1.81. The topological polar surface area (TPSA) is 49.9 Å². The molecular formula is C16H22N2O3. The molecule has 0 radical (unpaired) electrons. The Morgan fingerprint density at radius 2 is 1.62 bits per heavy atom. The van der Waals surface area contributed by atoms with Gasteiger partial charge in [-0.3, -0.25) is 9.59 Å². The Bertz CT molecular complexity index is 476. The molecule has 0 atom stereocenters. The van der Waals surface area contributed by atoms with Gasteiger partial charge in [0.2, 0.25) is 5.91 Å². The second-order valence-electron chi connectivity index (χ2n) is 5.07. The van der Waals surface area contributed by atoms with E-state index in [0.717, 1.165) is 13.0 Å². The molecule has 0 bridgehead atoms. The van der Waals surface area contributed by atoms with E-state index in [-0.39, 0.29) is 18.4 Å². The molecule has 114 valence electrons. The number of rotatable bonds is 4. The van der Waals surface area contributed by atoms with Crippen LogP contribution in [0.3, 0.4) is 0 Å². The molecule has 0 aliphatic carbocycles. The molecule has 2 rings (SSSR count). The monoisotopic (exact) mass is 290 g/mol. The van der Waals surface area contributed by atoms with Crippen LogP contribution in [0.25, 0.3) is 0 Å². The van der Waals surface area contributed by atoms with E-state index in [9.17, 15) is 9.59 Å². The lowest BCUT2D eigenvalue weighted by Gasteiger charge is -2.22. The third-order valence-corrected chi connectivity index (χ3v) is 3.61. The molecule has 5 heteroatoms. The number of ether oxygens (including phenoxy) is 1. The Hall–Kier alpha value is -2.04. The summed E-state index contributed by atoms with van der Waals surface area (Å²) in [6, 6.07) is 9.32. The third-order valence-electron chi connectivity index (χ3n) is 3.61. The fraction of sp³-hybridized carbons (Fsp3) is 0.500. The first kappa shape index (κ1) is 15.4. The van der Waals surface area contributed by atoms with Gasteiger partial charge in [0, 0.05) is 32.6 Å². The number of carbonyl (C=O) groups excluding carboxylic acids is 2. The van der Waals surface area contributed by atoms with Gasteiger partial charge in [0.05, 0.1) is 0 Å². The second kappa shape index (κ2) is 7.67. The summed E-state index contributed by atoms with van der Waals surface area (Å²) in [7, 11) is 0. The van der Waals surface area contributed by atoms with E-state index in [0.29, 0.717) is 31.8 Å². The summed E-state index contributed by atoms with van der Waals surface area (Å²) in [5, 5.41) is 0. The van der Waals surface area contributed by atoms with E-state index in [1.54, 1.807) is 4.90 Å². The molecule has 0 aromatic heterocycles. The van der Waals surface area contributed by atoms with E-state index in [1.165, 1.54) is 0 Å². The molecule has 1 saturated heterocycles. The molecule has 0 N–H and O–H groups in total. The van der Waals surface area contributed by atoms with Crippen LogP contribution in [-0.4, -0.2) is 54.4 Å². The standard InChI is InChI=1S/C16H22N2O3/c1-2-15(19)17-9-6-10-18(12-11-17)16(20)13-21-14-7-4-3-5-8-14/h3-5,7-8H,2,6,9-13H2,1H3. The largest absolute Gasteiger partial charge is 0.484 e. The molecule has 1 aliphatic rings. The lowest BCUT2D eigenvalue weighted by Crippen LogP contribution is -2.39. The summed E-state index contributed by atoms with van der Waals surface area (Å²) in [5.41, 5.74) is 0. The second-order valence-corrected chi connectivity index (χ2v) is 5.07. The average molecular weight is 290 g/mol. The van der Waals surface area contributed by atoms with Gasteiger partial charge in [-0.1, -0.05) is 25.1 Å². The minimum absolute atomic E-state index is 0.0235. The number of amides is 2. The quantitative estimate of drug-likeness (QED) is 0.845. The first-order valence-electron chi connectivity index (χ1n) is 7.44. The Kier molecular flexibility index (Phi) is 5.60. The van der Waals surface area contributed by atoms with E-state index < -0.39 is 0 Å². The number of hydrogen-bond acceptors (Lipinski definition) is 3. The summed E-state index contributed by atoms with van der Waals surface area (Å²) in [4.78, 5) is 27.5. The zero-order chi connectivity index (χ0) is 15.1. The van der Waals surface area contributed by atoms with Crippen LogP contribution in [0, 0.1) is 0 Å². The SMILES string of the molecule is CCC(=O)N1CCCN(C(=O)COc2ccccc2)CC1. The predicted octanol–water partition coefficient (Wildman–Crippen LogP) is 1.54. The smallest absolute Gasteiger partial charge is 0.260 e. The average Bonchev–Trinajstić information content (AvgIpc) is 2.79. The molecule has 1 aliphatic heterocycles. The van der Waals surface area contributed by atoms with Gasteiger partial charge < -0.3 is 14.5 Å². The van der Waals surface area contributed by atoms with Crippen LogP contribution in [0.1, 0.15) is 19.8 Å². The van der Waals surface area contributed by atoms with Crippen molar-refractivity contribution in [3.63, 3.8) is 0 Å². The highest BCUT2D eigenvalue weighted by Crippen LogP contribution is 2.09. The Morgan fingerprint density at radius 1 is 1.00 bits per heavy atom. The molecule has 21 heavy (non-hydrogen) atoms. The van der Waals surface area contributed by atoms with Crippen molar-refractivity contribution in [2.75, 3.05) is 32.8 Å². The summed E-state index contributed by atoms with van der Waals surface area (Å²) < 4.78 is 5.49. The highest BCUT2D eigenvalue weighted by molar-refractivity contribution is 5.78. The van der Waals surface area contributed by atoms with Gasteiger partial charge in [0.15, 0.2) is 6.61 Å². The molecule has 1 aromatic rings. The van der Waals surface area contributed by atoms with Crippen LogP contribution in [-0.2, 0) is 9.59 Å². The number of benzene rings is 1. The van der Waals surface area contributed by atoms with Crippen molar-refractivity contribution in [1.29, 1.82) is 0 Å². The lowest BCUT2D eigenvalue weighted by molar-refractivity contribution is -0.134. The van der Waals surface area contributed by atoms with Gasteiger partial charge in [-0.2, -0.15) is 0 Å². The minimum atomic E-state index is -0.0235. The molecule has 1 heterocycles. The summed E-state index contributed by atoms with van der Waals surface area (Å²) >= 11 is 0. The fourth-order valence-electron chi connectivity index (χ4n) is 2.39. The number of nitrogens with zero attached hydrogens (tertiary/aromatic N) is 2. The molecule has 0 spiro atoms. The highest BCUT2D eigenvalue weighted by Gasteiger charge is 2.21. The summed E-state index contributed by atoms with van der Waals surface area (Å²) in [6.45, 7) is 4.53. The highest BCUT2D eigenvalue weighted by atomic mass is 16.5. The number of hydrogen-bond donors (Lipinski definition) is 0. The van der Waals surface area contributed by atoms with Crippen molar-refractivity contribution in [3.05, 3.63) is 30.3 Å². The minimum Gasteiger partial charge on any atom is -0.484 e. The zero-order valence-corrected chi connectivity index (χ0v) is 12.5. The fourth-order valence-corrected chi connectivity index (χ4v) is 2.39. The van der Waals surface area contributed by atoms with E-state index in [4.69, 9.17) is 4.74 Å². The molecular weight excluding hydrogens is 268 g/mol. The van der Waals surface area contributed by atoms with Crippen molar-refractivity contribution < 1.29 is 14.3 Å². The lowest BCUT2D eigenvalue weighted by atomic mass is 10.3. The van der Waals surface area contributed by atoms with Gasteiger partial charge in [0.25, 0.3) is 5.91 Å². The van der Waals surface area contributed by atoms with Gasteiger partial charge in [-0.25, -0.2) is 0 Å². The van der Waals surface area contributed by atoms with E-state index >= 15 is 0 Å². The van der Waals surface area contributed by atoms with Gasteiger partial charge in [-0.15, -0.1) is 0 Å². The van der Waals surface area contributed by atoms with Gasteiger partial charge >= 0.3 is 0 Å². The molecule has 1 fully saturated rings. The Labute approximate surface area is 125 Å². The van der Waals surface area contributed by atoms with Crippen molar-refractivity contribution >= 4 is 11.8 Å². The maximum absolute atomic E-state index is 12.2. The van der Waals surface area contributed by atoms with E-state index in [1.807, 2.05) is 42.2 Å². The van der Waals surface area contributed by atoms with Crippen molar-refractivity contribution in [2.45, 2.75) is 19.8 Å². The van der Waals surface area contributed by atoms with Crippen LogP contribution in [0.15, 0.2) is 30.3 Å². The predicted molar refractivity (Wildman–Crippen MR) is 80.0 cm³/mol. The van der Waals surface area contributed by atoms with Crippen LogP contribution in [0.5, 0.6) is 5.75 Å². The number of carbonyl (C=O) groups is 2. The van der Waals surface area contributed by atoms with Crippen molar-refractivity contribution in [1.82, 2.24) is 9.80 Å². The third kappa shape index (κ3) is 4.48. The van der Waals surface area contributed by atoms with Crippen LogP contribution in [0.4, 0.5) is 0 Å². The summed E-state index contributed by atoms with van der Waals surface area (Å²) in [6.07, 6.45) is 1.34. The maximum Gasteiger partial charge on any atom is 0.260 e. The van der Waals surface area contributed by atoms with Crippen LogP contribution >= 0.6 is 0 Å². The molecule has 0 saturated carbocycles. The zero-order valence-electron chi connectivity index (χ0n) is 12.5. The van der Waals surface area contributed by atoms with Crippen LogP contribution < -0.4 is 4.74 Å². The van der Waals surface area contributed by atoms with E-state index in [2.05, 4.69) is 0 Å². The van der Waals surface area contributed by atoms with Crippen LogP contribution in [0.2, 0.25) is 0 Å². The first-order valence-corrected chi connectivity index (χ1v) is 7.44. The molecule has 5 nitrogen and oxygen atoms in total. The molecule has 2 amide bonds. The Morgan fingerprint density at radius 3 is 2.24 bits per heavy atom. The first-order chi connectivity index (χ1) is 10.2. The summed E-state index contributed by atoms with van der Waals surface area (Å²) in [5.74, 6) is 0.831. The molecule has 1 aromatic carbocycles. The normalized spacial score (nSPS) is 15.5. The number of para-hydroxylation sites is 1. The van der Waals surface area contributed by atoms with Crippen molar-refractivity contribution in [2.24, 2.45) is 0 Å². The maximum atomic E-state index is 12.2. The van der Waals surface area contributed by atoms with Crippen molar-refractivity contribution in [3.8, 4) is 5.75 Å².